The average Bonchev–Trinajstić information content (AvgIpc) is 2.49. The molecule has 1 saturated heterocycles. The van der Waals surface area contributed by atoms with E-state index >= 15 is 0 Å². The Hall–Kier alpha value is -2.03. The van der Waals surface area contributed by atoms with Gasteiger partial charge in [0, 0.05) is 48.0 Å². The molecule has 2 aromatic rings. The summed E-state index contributed by atoms with van der Waals surface area (Å²) in [6.07, 6.45) is 7.57. The number of pyridine rings is 1. The Labute approximate surface area is 114 Å². The Bertz CT molecular complexity index is 545. The Balaban J connectivity index is 1.96. The van der Waals surface area contributed by atoms with Gasteiger partial charge in [0.2, 0.25) is 0 Å². The smallest absolute Gasteiger partial charge is 0.0395 e. The summed E-state index contributed by atoms with van der Waals surface area (Å²) in [5, 5.41) is 0. The minimum Gasteiger partial charge on any atom is -0.398 e. The highest BCUT2D eigenvalue weighted by molar-refractivity contribution is 5.79. The molecule has 0 spiro atoms. The van der Waals surface area contributed by atoms with Gasteiger partial charge in [-0.05, 0) is 43.5 Å². The van der Waals surface area contributed by atoms with Gasteiger partial charge in [-0.3, -0.25) is 4.98 Å². The summed E-state index contributed by atoms with van der Waals surface area (Å²) < 4.78 is 0. The molecule has 0 bridgehead atoms. The van der Waals surface area contributed by atoms with E-state index < -0.39 is 0 Å². The Morgan fingerprint density at radius 2 is 1.89 bits per heavy atom. The summed E-state index contributed by atoms with van der Waals surface area (Å²) in [4.78, 5) is 6.62. The van der Waals surface area contributed by atoms with Crippen molar-refractivity contribution in [3.05, 3.63) is 42.7 Å². The van der Waals surface area contributed by atoms with Crippen LogP contribution >= 0.6 is 0 Å². The molecule has 1 fully saturated rings. The van der Waals surface area contributed by atoms with Gasteiger partial charge in [-0.15, -0.1) is 0 Å². The van der Waals surface area contributed by atoms with Crippen molar-refractivity contribution in [1.29, 1.82) is 0 Å². The summed E-state index contributed by atoms with van der Waals surface area (Å²) in [6, 6.07) is 10.3. The van der Waals surface area contributed by atoms with Crippen molar-refractivity contribution in [3.8, 4) is 11.1 Å². The van der Waals surface area contributed by atoms with E-state index in [2.05, 4.69) is 28.1 Å². The second-order valence-corrected chi connectivity index (χ2v) is 5.06. The van der Waals surface area contributed by atoms with Gasteiger partial charge in [-0.2, -0.15) is 0 Å². The van der Waals surface area contributed by atoms with Gasteiger partial charge in [-0.25, -0.2) is 0 Å². The molecule has 0 amide bonds. The molecule has 19 heavy (non-hydrogen) atoms. The van der Waals surface area contributed by atoms with Crippen LogP contribution in [0.3, 0.4) is 0 Å². The van der Waals surface area contributed by atoms with E-state index in [1.165, 1.54) is 24.9 Å². The first kappa shape index (κ1) is 12.0. The minimum atomic E-state index is 0.814. The zero-order valence-electron chi connectivity index (χ0n) is 11.0. The molecule has 0 aliphatic carbocycles. The zero-order chi connectivity index (χ0) is 13.1. The Morgan fingerprint density at radius 1 is 1.05 bits per heavy atom. The Morgan fingerprint density at radius 3 is 2.63 bits per heavy atom. The number of nitrogen functional groups attached to an aromatic ring is 1. The number of nitrogens with zero attached hydrogens (tertiary/aromatic N) is 2. The van der Waals surface area contributed by atoms with E-state index in [0.717, 1.165) is 29.9 Å². The molecule has 3 heteroatoms. The molecular weight excluding hydrogens is 234 g/mol. The van der Waals surface area contributed by atoms with Crippen LogP contribution in [0.5, 0.6) is 0 Å². The van der Waals surface area contributed by atoms with Gasteiger partial charge in [0.25, 0.3) is 0 Å². The van der Waals surface area contributed by atoms with E-state index in [1.54, 1.807) is 6.20 Å². The largest absolute Gasteiger partial charge is 0.398 e. The quantitative estimate of drug-likeness (QED) is 0.835. The number of rotatable bonds is 2. The van der Waals surface area contributed by atoms with Crippen molar-refractivity contribution in [2.24, 2.45) is 0 Å². The van der Waals surface area contributed by atoms with Gasteiger partial charge < -0.3 is 10.6 Å². The van der Waals surface area contributed by atoms with Gasteiger partial charge in [0.15, 0.2) is 0 Å². The summed E-state index contributed by atoms with van der Waals surface area (Å²) in [5.41, 5.74) is 10.4. The molecule has 0 atom stereocenters. The molecule has 1 aliphatic rings. The fourth-order valence-corrected chi connectivity index (χ4v) is 2.67. The van der Waals surface area contributed by atoms with Crippen molar-refractivity contribution in [1.82, 2.24) is 4.98 Å². The van der Waals surface area contributed by atoms with Crippen LogP contribution in [0, 0.1) is 0 Å². The highest BCUT2D eigenvalue weighted by Gasteiger charge is 2.12. The van der Waals surface area contributed by atoms with Crippen LogP contribution in [0.1, 0.15) is 19.3 Å². The molecule has 0 saturated carbocycles. The monoisotopic (exact) mass is 253 g/mol. The lowest BCUT2D eigenvalue weighted by Gasteiger charge is -2.29. The number of nitrogens with two attached hydrogens (primary N) is 1. The minimum absolute atomic E-state index is 0.814. The van der Waals surface area contributed by atoms with Crippen molar-refractivity contribution in [3.63, 3.8) is 0 Å². The van der Waals surface area contributed by atoms with E-state index in [-0.39, 0.29) is 0 Å². The van der Waals surface area contributed by atoms with Crippen molar-refractivity contribution in [2.75, 3.05) is 23.7 Å². The number of anilines is 2. The number of hydrogen-bond donors (Lipinski definition) is 1. The fourth-order valence-electron chi connectivity index (χ4n) is 2.67. The lowest BCUT2D eigenvalue weighted by Crippen LogP contribution is -2.29. The molecule has 1 aromatic heterocycles. The summed E-state index contributed by atoms with van der Waals surface area (Å²) >= 11 is 0. The SMILES string of the molecule is Nc1ccc(N2CCCCC2)cc1-c1cccnc1. The number of benzene rings is 1. The van der Waals surface area contributed by atoms with Crippen molar-refractivity contribution in [2.45, 2.75) is 19.3 Å². The highest BCUT2D eigenvalue weighted by Crippen LogP contribution is 2.30. The third-order valence-corrected chi connectivity index (χ3v) is 3.73. The molecular formula is C16H19N3. The predicted octanol–water partition coefficient (Wildman–Crippen LogP) is 3.32. The first-order valence-corrected chi connectivity index (χ1v) is 6.89. The maximum absolute atomic E-state index is 6.10. The molecule has 98 valence electrons. The maximum Gasteiger partial charge on any atom is 0.0395 e. The predicted molar refractivity (Wildman–Crippen MR) is 80.1 cm³/mol. The maximum atomic E-state index is 6.10. The topological polar surface area (TPSA) is 42.1 Å². The lowest BCUT2D eigenvalue weighted by atomic mass is 10.0. The molecule has 2 heterocycles. The van der Waals surface area contributed by atoms with Crippen molar-refractivity contribution < 1.29 is 0 Å². The van der Waals surface area contributed by atoms with E-state index in [1.807, 2.05) is 18.3 Å². The van der Waals surface area contributed by atoms with Crippen LogP contribution in [0.25, 0.3) is 11.1 Å². The average molecular weight is 253 g/mol. The second-order valence-electron chi connectivity index (χ2n) is 5.06. The van der Waals surface area contributed by atoms with Gasteiger partial charge >= 0.3 is 0 Å². The third kappa shape index (κ3) is 2.55. The first-order chi connectivity index (χ1) is 9.34. The number of hydrogen-bond acceptors (Lipinski definition) is 3. The van der Waals surface area contributed by atoms with Crippen LogP contribution < -0.4 is 10.6 Å². The Kier molecular flexibility index (Phi) is 3.36. The molecule has 3 rings (SSSR count). The first-order valence-electron chi connectivity index (χ1n) is 6.89. The molecule has 0 unspecified atom stereocenters. The lowest BCUT2D eigenvalue weighted by molar-refractivity contribution is 0.578. The van der Waals surface area contributed by atoms with Gasteiger partial charge in [-0.1, -0.05) is 6.07 Å². The molecule has 3 nitrogen and oxygen atoms in total. The van der Waals surface area contributed by atoms with Crippen LogP contribution in [0.2, 0.25) is 0 Å². The molecule has 2 N–H and O–H groups in total. The van der Waals surface area contributed by atoms with Gasteiger partial charge in [0.05, 0.1) is 0 Å². The van der Waals surface area contributed by atoms with Crippen molar-refractivity contribution >= 4 is 11.4 Å². The van der Waals surface area contributed by atoms with Crippen LogP contribution in [0.4, 0.5) is 11.4 Å². The summed E-state index contributed by atoms with van der Waals surface area (Å²) in [7, 11) is 0. The van der Waals surface area contributed by atoms with E-state index in [4.69, 9.17) is 5.73 Å². The number of aromatic nitrogens is 1. The molecule has 0 radical (unpaired) electrons. The number of piperidine rings is 1. The fraction of sp³-hybridized carbons (Fsp3) is 0.312. The molecule has 1 aliphatic heterocycles. The molecule has 1 aromatic carbocycles. The van der Waals surface area contributed by atoms with E-state index in [0.29, 0.717) is 0 Å². The zero-order valence-corrected chi connectivity index (χ0v) is 11.0. The highest BCUT2D eigenvalue weighted by atomic mass is 15.1. The van der Waals surface area contributed by atoms with Crippen LogP contribution in [-0.4, -0.2) is 18.1 Å². The standard InChI is InChI=1S/C16H19N3/c17-16-7-6-14(19-9-2-1-3-10-19)11-15(16)13-5-4-8-18-12-13/h4-8,11-12H,1-3,9-10,17H2. The van der Waals surface area contributed by atoms with Crippen LogP contribution in [0.15, 0.2) is 42.7 Å². The third-order valence-electron chi connectivity index (χ3n) is 3.73. The van der Waals surface area contributed by atoms with Gasteiger partial charge in [0.1, 0.15) is 0 Å². The van der Waals surface area contributed by atoms with Crippen LogP contribution in [-0.2, 0) is 0 Å². The summed E-state index contributed by atoms with van der Waals surface area (Å²) in [6.45, 7) is 2.30. The normalized spacial score (nSPS) is 15.5. The van der Waals surface area contributed by atoms with E-state index in [9.17, 15) is 0 Å². The summed E-state index contributed by atoms with van der Waals surface area (Å²) in [5.74, 6) is 0. The second kappa shape index (κ2) is 5.31.